The van der Waals surface area contributed by atoms with E-state index >= 15 is 0 Å². The standard InChI is InChI=1S/C16H24N6O/c1-10(9-23)11-7-13-14(17)20-16(21-15(13)18-8-11)19-12-3-5-22(2)6-4-12/h7-8,10,12,23H,3-6,9H2,1-2H3,(H3,17,18,19,20,21). The highest BCUT2D eigenvalue weighted by Crippen LogP contribution is 2.23. The number of aromatic nitrogens is 3. The van der Waals surface area contributed by atoms with E-state index < -0.39 is 0 Å². The molecule has 0 aliphatic carbocycles. The van der Waals surface area contributed by atoms with Gasteiger partial charge in [0, 0.05) is 24.8 Å². The van der Waals surface area contributed by atoms with Crippen molar-refractivity contribution < 1.29 is 5.11 Å². The summed E-state index contributed by atoms with van der Waals surface area (Å²) in [5.74, 6) is 0.980. The average molecular weight is 316 g/mol. The number of hydrogen-bond donors (Lipinski definition) is 3. The average Bonchev–Trinajstić information content (AvgIpc) is 2.56. The second kappa shape index (κ2) is 6.64. The van der Waals surface area contributed by atoms with Crippen LogP contribution in [0.15, 0.2) is 12.3 Å². The maximum absolute atomic E-state index is 9.27. The third kappa shape index (κ3) is 3.51. The number of anilines is 2. The van der Waals surface area contributed by atoms with Crippen LogP contribution >= 0.6 is 0 Å². The van der Waals surface area contributed by atoms with E-state index in [-0.39, 0.29) is 12.5 Å². The van der Waals surface area contributed by atoms with Gasteiger partial charge in [-0.1, -0.05) is 6.92 Å². The van der Waals surface area contributed by atoms with Crippen LogP contribution in [0.3, 0.4) is 0 Å². The SMILES string of the molecule is CC(CO)c1cnc2nc(NC3CCN(C)CC3)nc(N)c2c1. The van der Waals surface area contributed by atoms with Gasteiger partial charge in [0.2, 0.25) is 5.95 Å². The summed E-state index contributed by atoms with van der Waals surface area (Å²) in [6.45, 7) is 4.16. The Hall–Kier alpha value is -1.99. The molecule has 0 bridgehead atoms. The topological polar surface area (TPSA) is 100 Å². The molecule has 2 aromatic rings. The number of nitrogens with one attached hydrogen (secondary N) is 1. The van der Waals surface area contributed by atoms with Gasteiger partial charge in [0.15, 0.2) is 5.65 Å². The molecule has 1 atom stereocenters. The fourth-order valence-corrected chi connectivity index (χ4v) is 2.83. The highest BCUT2D eigenvalue weighted by Gasteiger charge is 2.18. The number of aliphatic hydroxyl groups is 1. The summed E-state index contributed by atoms with van der Waals surface area (Å²) in [6, 6.07) is 2.29. The molecule has 7 nitrogen and oxygen atoms in total. The Labute approximate surface area is 135 Å². The van der Waals surface area contributed by atoms with Gasteiger partial charge in [0.1, 0.15) is 5.82 Å². The second-order valence-electron chi connectivity index (χ2n) is 6.38. The Kier molecular flexibility index (Phi) is 4.58. The van der Waals surface area contributed by atoms with Gasteiger partial charge in [-0.3, -0.25) is 0 Å². The molecule has 1 fully saturated rings. The number of aliphatic hydroxyl groups excluding tert-OH is 1. The molecule has 0 saturated carbocycles. The van der Waals surface area contributed by atoms with E-state index in [2.05, 4.69) is 32.2 Å². The molecule has 0 radical (unpaired) electrons. The summed E-state index contributed by atoms with van der Waals surface area (Å²) in [5.41, 5.74) is 7.61. The molecule has 1 aliphatic heterocycles. The van der Waals surface area contributed by atoms with E-state index in [1.54, 1.807) is 6.20 Å². The zero-order valence-electron chi connectivity index (χ0n) is 13.7. The number of nitrogen functional groups attached to an aromatic ring is 1. The summed E-state index contributed by atoms with van der Waals surface area (Å²) in [4.78, 5) is 15.6. The minimum atomic E-state index is 0.0170. The molecule has 4 N–H and O–H groups in total. The molecule has 1 saturated heterocycles. The first-order valence-corrected chi connectivity index (χ1v) is 8.06. The van der Waals surface area contributed by atoms with Crippen molar-refractivity contribution in [3.8, 4) is 0 Å². The highest BCUT2D eigenvalue weighted by atomic mass is 16.3. The number of nitrogens with two attached hydrogens (primary N) is 1. The summed E-state index contributed by atoms with van der Waals surface area (Å²) in [5, 5.41) is 13.4. The van der Waals surface area contributed by atoms with Crippen molar-refractivity contribution in [2.24, 2.45) is 0 Å². The number of pyridine rings is 1. The Morgan fingerprint density at radius 1 is 1.39 bits per heavy atom. The molecule has 0 amide bonds. The van der Waals surface area contributed by atoms with Crippen LogP contribution in [0.2, 0.25) is 0 Å². The number of fused-ring (bicyclic) bond motifs is 1. The number of piperidine rings is 1. The van der Waals surface area contributed by atoms with Crippen molar-refractivity contribution in [1.29, 1.82) is 0 Å². The first-order valence-electron chi connectivity index (χ1n) is 8.06. The van der Waals surface area contributed by atoms with Crippen molar-refractivity contribution in [2.45, 2.75) is 31.7 Å². The van der Waals surface area contributed by atoms with E-state index in [4.69, 9.17) is 5.73 Å². The van der Waals surface area contributed by atoms with Gasteiger partial charge in [-0.05, 0) is 44.6 Å². The number of likely N-dealkylation sites (tertiary alicyclic amines) is 1. The van der Waals surface area contributed by atoms with Gasteiger partial charge < -0.3 is 21.1 Å². The van der Waals surface area contributed by atoms with E-state index in [0.29, 0.717) is 23.5 Å². The van der Waals surface area contributed by atoms with Gasteiger partial charge in [-0.2, -0.15) is 9.97 Å². The lowest BCUT2D eigenvalue weighted by molar-refractivity contribution is 0.263. The first kappa shape index (κ1) is 15.9. The van der Waals surface area contributed by atoms with Crippen molar-refractivity contribution in [2.75, 3.05) is 37.8 Å². The zero-order valence-corrected chi connectivity index (χ0v) is 13.7. The smallest absolute Gasteiger partial charge is 0.226 e. The monoisotopic (exact) mass is 316 g/mol. The quantitative estimate of drug-likeness (QED) is 0.779. The van der Waals surface area contributed by atoms with Crippen LogP contribution in [0.4, 0.5) is 11.8 Å². The molecule has 1 unspecified atom stereocenters. The van der Waals surface area contributed by atoms with Crippen LogP contribution < -0.4 is 11.1 Å². The Morgan fingerprint density at radius 2 is 2.13 bits per heavy atom. The van der Waals surface area contributed by atoms with Gasteiger partial charge in [0.25, 0.3) is 0 Å². The Balaban J connectivity index is 1.83. The first-order chi connectivity index (χ1) is 11.1. The van der Waals surface area contributed by atoms with Crippen LogP contribution in [0.1, 0.15) is 31.2 Å². The third-order valence-corrected chi connectivity index (χ3v) is 4.50. The molecule has 3 rings (SSSR count). The fourth-order valence-electron chi connectivity index (χ4n) is 2.83. The summed E-state index contributed by atoms with van der Waals surface area (Å²) < 4.78 is 0. The summed E-state index contributed by atoms with van der Waals surface area (Å²) in [7, 11) is 2.13. The summed E-state index contributed by atoms with van der Waals surface area (Å²) >= 11 is 0. The van der Waals surface area contributed by atoms with E-state index in [1.165, 1.54) is 0 Å². The molecule has 23 heavy (non-hydrogen) atoms. The minimum Gasteiger partial charge on any atom is -0.396 e. The van der Waals surface area contributed by atoms with E-state index in [1.807, 2.05) is 13.0 Å². The van der Waals surface area contributed by atoms with Crippen LogP contribution in [0, 0.1) is 0 Å². The second-order valence-corrected chi connectivity index (χ2v) is 6.38. The van der Waals surface area contributed by atoms with E-state index in [9.17, 15) is 5.11 Å². The minimum absolute atomic E-state index is 0.0170. The van der Waals surface area contributed by atoms with Crippen LogP contribution in [0.25, 0.3) is 11.0 Å². The maximum Gasteiger partial charge on any atom is 0.226 e. The summed E-state index contributed by atoms with van der Waals surface area (Å²) in [6.07, 6.45) is 3.88. The molecule has 3 heterocycles. The molecule has 0 aromatic carbocycles. The lowest BCUT2D eigenvalue weighted by Gasteiger charge is -2.29. The predicted molar refractivity (Wildman–Crippen MR) is 91.4 cm³/mol. The van der Waals surface area contributed by atoms with Crippen LogP contribution in [-0.2, 0) is 0 Å². The normalized spacial score (nSPS) is 18.2. The molecule has 2 aromatic heterocycles. The largest absolute Gasteiger partial charge is 0.396 e. The van der Waals surface area contributed by atoms with Crippen molar-refractivity contribution in [3.63, 3.8) is 0 Å². The van der Waals surface area contributed by atoms with Crippen molar-refractivity contribution >= 4 is 22.8 Å². The van der Waals surface area contributed by atoms with Gasteiger partial charge >= 0.3 is 0 Å². The Bertz CT molecular complexity index is 684. The molecule has 0 spiro atoms. The molecule has 7 heteroatoms. The lowest BCUT2D eigenvalue weighted by Crippen LogP contribution is -2.37. The third-order valence-electron chi connectivity index (χ3n) is 4.50. The predicted octanol–water partition coefficient (Wildman–Crippen LogP) is 1.21. The molecule has 1 aliphatic rings. The Morgan fingerprint density at radius 3 is 2.83 bits per heavy atom. The highest BCUT2D eigenvalue weighted by molar-refractivity contribution is 5.86. The van der Waals surface area contributed by atoms with E-state index in [0.717, 1.165) is 36.9 Å². The molecule has 124 valence electrons. The fraction of sp³-hybridized carbons (Fsp3) is 0.562. The van der Waals surface area contributed by atoms with Gasteiger partial charge in [-0.15, -0.1) is 0 Å². The molecular weight excluding hydrogens is 292 g/mol. The number of hydrogen-bond acceptors (Lipinski definition) is 7. The van der Waals surface area contributed by atoms with Gasteiger partial charge in [-0.25, -0.2) is 4.98 Å². The lowest BCUT2D eigenvalue weighted by atomic mass is 10.0. The maximum atomic E-state index is 9.27. The zero-order chi connectivity index (χ0) is 16.4. The van der Waals surface area contributed by atoms with Crippen LogP contribution in [-0.4, -0.2) is 57.7 Å². The van der Waals surface area contributed by atoms with Gasteiger partial charge in [0.05, 0.1) is 5.39 Å². The molecular formula is C16H24N6O. The van der Waals surface area contributed by atoms with Crippen LogP contribution in [0.5, 0.6) is 0 Å². The number of rotatable bonds is 4. The number of nitrogens with zero attached hydrogens (tertiary/aromatic N) is 4. The van der Waals surface area contributed by atoms with Crippen molar-refractivity contribution in [1.82, 2.24) is 19.9 Å². The van der Waals surface area contributed by atoms with Crippen molar-refractivity contribution in [3.05, 3.63) is 17.8 Å².